The van der Waals surface area contributed by atoms with Crippen molar-refractivity contribution in [1.82, 2.24) is 0 Å². The van der Waals surface area contributed by atoms with Crippen molar-refractivity contribution in [3.63, 3.8) is 0 Å². The van der Waals surface area contributed by atoms with E-state index in [0.29, 0.717) is 5.02 Å². The fourth-order valence-electron chi connectivity index (χ4n) is 0.911. The summed E-state index contributed by atoms with van der Waals surface area (Å²) in [4.78, 5) is 1.07. The second-order valence-electron chi connectivity index (χ2n) is 2.33. The number of anilines is 1. The average Bonchev–Trinajstić information content (AvgIpc) is 2.03. The highest BCUT2D eigenvalue weighted by Crippen LogP contribution is 2.27. The third-order valence-corrected chi connectivity index (χ3v) is 2.55. The Labute approximate surface area is 91.8 Å². The Morgan fingerprint density at radius 3 is 2.85 bits per heavy atom. The molecular formula is C8H9ClN2S2. The van der Waals surface area contributed by atoms with Gasteiger partial charge >= 0.3 is 0 Å². The lowest BCUT2D eigenvalue weighted by atomic mass is 10.3. The van der Waals surface area contributed by atoms with Gasteiger partial charge in [-0.1, -0.05) is 11.6 Å². The van der Waals surface area contributed by atoms with Crippen molar-refractivity contribution in [2.24, 2.45) is 5.73 Å². The highest BCUT2D eigenvalue weighted by Gasteiger charge is 2.02. The van der Waals surface area contributed by atoms with Gasteiger partial charge in [-0.05, 0) is 36.7 Å². The predicted molar refractivity (Wildman–Crippen MR) is 63.6 cm³/mol. The van der Waals surface area contributed by atoms with Crippen LogP contribution in [0, 0.1) is 0 Å². The first-order valence-electron chi connectivity index (χ1n) is 3.53. The molecule has 5 heteroatoms. The Morgan fingerprint density at radius 2 is 2.31 bits per heavy atom. The van der Waals surface area contributed by atoms with Crippen LogP contribution in [0.25, 0.3) is 0 Å². The lowest BCUT2D eigenvalue weighted by Crippen LogP contribution is -2.19. The molecule has 0 aliphatic rings. The number of thioether (sulfide) groups is 1. The van der Waals surface area contributed by atoms with Gasteiger partial charge in [-0.2, -0.15) is 0 Å². The van der Waals surface area contributed by atoms with E-state index in [0.717, 1.165) is 10.6 Å². The molecule has 2 nitrogen and oxygen atoms in total. The normalized spacial score (nSPS) is 9.69. The molecule has 0 atom stereocenters. The summed E-state index contributed by atoms with van der Waals surface area (Å²) in [6.07, 6.45) is 1.98. The topological polar surface area (TPSA) is 38.0 Å². The quantitative estimate of drug-likeness (QED) is 0.608. The molecule has 0 saturated carbocycles. The maximum absolute atomic E-state index is 5.82. The van der Waals surface area contributed by atoms with Crippen molar-refractivity contribution >= 4 is 46.4 Å². The number of thiocarbonyl (C=S) groups is 1. The zero-order valence-electron chi connectivity index (χ0n) is 7.00. The molecule has 1 rings (SSSR count). The molecule has 0 fully saturated rings. The molecule has 1 aromatic carbocycles. The Hall–Kier alpha value is -0.450. The number of nitrogens with two attached hydrogens (primary N) is 1. The van der Waals surface area contributed by atoms with Crippen molar-refractivity contribution < 1.29 is 0 Å². The fraction of sp³-hybridized carbons (Fsp3) is 0.125. The van der Waals surface area contributed by atoms with E-state index in [1.165, 1.54) is 0 Å². The zero-order chi connectivity index (χ0) is 9.84. The van der Waals surface area contributed by atoms with Crippen LogP contribution in [0.4, 0.5) is 5.69 Å². The number of nitrogens with one attached hydrogen (secondary N) is 1. The molecule has 70 valence electrons. The maximum atomic E-state index is 5.82. The number of hydrogen-bond donors (Lipinski definition) is 2. The second kappa shape index (κ2) is 4.69. The summed E-state index contributed by atoms with van der Waals surface area (Å²) in [7, 11) is 0. The summed E-state index contributed by atoms with van der Waals surface area (Å²) >= 11 is 12.2. The Morgan fingerprint density at radius 1 is 1.62 bits per heavy atom. The van der Waals surface area contributed by atoms with Crippen molar-refractivity contribution in [3.8, 4) is 0 Å². The smallest absolute Gasteiger partial charge is 0.168 e. The molecule has 13 heavy (non-hydrogen) atoms. The minimum Gasteiger partial charge on any atom is -0.376 e. The van der Waals surface area contributed by atoms with Gasteiger partial charge in [0.1, 0.15) is 0 Å². The highest BCUT2D eigenvalue weighted by molar-refractivity contribution is 7.98. The number of rotatable bonds is 2. The minimum absolute atomic E-state index is 0.248. The summed E-state index contributed by atoms with van der Waals surface area (Å²) in [5.41, 5.74) is 6.22. The van der Waals surface area contributed by atoms with Crippen LogP contribution >= 0.6 is 35.6 Å². The van der Waals surface area contributed by atoms with E-state index in [4.69, 9.17) is 29.6 Å². The maximum Gasteiger partial charge on any atom is 0.168 e. The molecular weight excluding hydrogens is 224 g/mol. The van der Waals surface area contributed by atoms with Crippen LogP contribution in [0.15, 0.2) is 23.1 Å². The zero-order valence-corrected chi connectivity index (χ0v) is 9.39. The van der Waals surface area contributed by atoms with Crippen molar-refractivity contribution in [2.45, 2.75) is 4.90 Å². The van der Waals surface area contributed by atoms with Gasteiger partial charge in [0.2, 0.25) is 0 Å². The van der Waals surface area contributed by atoms with Gasteiger partial charge in [-0.15, -0.1) is 11.8 Å². The highest BCUT2D eigenvalue weighted by atomic mass is 35.5. The summed E-state index contributed by atoms with van der Waals surface area (Å²) in [5, 5.41) is 3.78. The predicted octanol–water partition coefficient (Wildman–Crippen LogP) is 2.72. The van der Waals surface area contributed by atoms with Crippen LogP contribution in [0.3, 0.4) is 0 Å². The Balaban J connectivity index is 3.01. The van der Waals surface area contributed by atoms with Gasteiger partial charge in [0.05, 0.1) is 5.69 Å². The summed E-state index contributed by atoms with van der Waals surface area (Å²) < 4.78 is 0. The third kappa shape index (κ3) is 3.06. The molecule has 0 bridgehead atoms. The monoisotopic (exact) mass is 232 g/mol. The molecule has 1 aromatic rings. The Kier molecular flexibility index (Phi) is 3.84. The molecule has 0 unspecified atom stereocenters. The first kappa shape index (κ1) is 10.6. The van der Waals surface area contributed by atoms with Gasteiger partial charge in [0.25, 0.3) is 0 Å². The second-order valence-corrected chi connectivity index (χ2v) is 4.06. The van der Waals surface area contributed by atoms with Crippen LogP contribution in [-0.4, -0.2) is 11.4 Å². The first-order chi connectivity index (χ1) is 6.13. The molecule has 0 aliphatic carbocycles. The fourth-order valence-corrected chi connectivity index (χ4v) is 1.73. The van der Waals surface area contributed by atoms with Crippen LogP contribution in [-0.2, 0) is 0 Å². The third-order valence-electron chi connectivity index (χ3n) is 1.42. The van der Waals surface area contributed by atoms with Gasteiger partial charge in [0, 0.05) is 9.92 Å². The van der Waals surface area contributed by atoms with Crippen LogP contribution in [0.2, 0.25) is 5.02 Å². The Bertz CT molecular complexity index is 328. The molecule has 0 spiro atoms. The van der Waals surface area contributed by atoms with Crippen molar-refractivity contribution in [3.05, 3.63) is 23.2 Å². The summed E-state index contributed by atoms with van der Waals surface area (Å²) in [5.74, 6) is 0. The first-order valence-corrected chi connectivity index (χ1v) is 5.54. The van der Waals surface area contributed by atoms with E-state index < -0.39 is 0 Å². The molecule has 0 amide bonds. The van der Waals surface area contributed by atoms with Crippen LogP contribution < -0.4 is 11.1 Å². The van der Waals surface area contributed by atoms with Gasteiger partial charge in [-0.3, -0.25) is 0 Å². The molecule has 0 aliphatic heterocycles. The van der Waals surface area contributed by atoms with E-state index in [9.17, 15) is 0 Å². The van der Waals surface area contributed by atoms with Crippen LogP contribution in [0.1, 0.15) is 0 Å². The van der Waals surface area contributed by atoms with E-state index in [2.05, 4.69) is 5.32 Å². The molecule has 0 heterocycles. The number of halogens is 1. The van der Waals surface area contributed by atoms with E-state index in [1.54, 1.807) is 17.8 Å². The molecule has 0 saturated heterocycles. The lowest BCUT2D eigenvalue weighted by Gasteiger charge is -2.08. The lowest BCUT2D eigenvalue weighted by molar-refractivity contribution is 1.44. The van der Waals surface area contributed by atoms with Gasteiger partial charge in [-0.25, -0.2) is 0 Å². The van der Waals surface area contributed by atoms with E-state index in [-0.39, 0.29) is 5.11 Å². The van der Waals surface area contributed by atoms with E-state index >= 15 is 0 Å². The van der Waals surface area contributed by atoms with Crippen molar-refractivity contribution in [1.29, 1.82) is 0 Å². The summed E-state index contributed by atoms with van der Waals surface area (Å²) in [6, 6.07) is 5.55. The molecule has 0 radical (unpaired) electrons. The van der Waals surface area contributed by atoms with Gasteiger partial charge in [0.15, 0.2) is 5.11 Å². The SMILES string of the molecule is CSc1ccc(Cl)cc1NC(N)=S. The average molecular weight is 233 g/mol. The van der Waals surface area contributed by atoms with E-state index in [1.807, 2.05) is 18.4 Å². The summed E-state index contributed by atoms with van der Waals surface area (Å²) in [6.45, 7) is 0. The number of benzene rings is 1. The standard InChI is InChI=1S/C8H9ClN2S2/c1-13-7-3-2-5(9)4-6(7)11-8(10)12/h2-4H,1H3,(H3,10,11,12). The minimum atomic E-state index is 0.248. The van der Waals surface area contributed by atoms with Crippen molar-refractivity contribution in [2.75, 3.05) is 11.6 Å². The largest absolute Gasteiger partial charge is 0.376 e. The van der Waals surface area contributed by atoms with Gasteiger partial charge < -0.3 is 11.1 Å². The van der Waals surface area contributed by atoms with Crippen LogP contribution in [0.5, 0.6) is 0 Å². The molecule has 3 N–H and O–H groups in total. The number of hydrogen-bond acceptors (Lipinski definition) is 2. The molecule has 0 aromatic heterocycles.